The van der Waals surface area contributed by atoms with Crippen LogP contribution in [-0.2, 0) is 14.6 Å². The molecule has 0 saturated carbocycles. The molecule has 2 amide bonds. The third-order valence-corrected chi connectivity index (χ3v) is 6.37. The number of sulfone groups is 1. The first-order valence-electron chi connectivity index (χ1n) is 9.25. The Bertz CT molecular complexity index is 930. The number of nitrogens with one attached hydrogen (secondary N) is 1. The Morgan fingerprint density at radius 1 is 1.10 bits per heavy atom. The van der Waals surface area contributed by atoms with Crippen LogP contribution in [0.4, 0.5) is 0 Å². The lowest BCUT2D eigenvalue weighted by molar-refractivity contribution is -0.133. The number of carbonyl (C=O) groups excluding carboxylic acids is 2. The summed E-state index contributed by atoms with van der Waals surface area (Å²) < 4.78 is 24.9. The van der Waals surface area contributed by atoms with Crippen molar-refractivity contribution in [3.8, 4) is 5.69 Å². The van der Waals surface area contributed by atoms with E-state index in [4.69, 9.17) is 5.11 Å². The van der Waals surface area contributed by atoms with Gasteiger partial charge in [-0.25, -0.2) is 8.42 Å². The molecule has 0 spiro atoms. The molecular weight excluding hydrogens is 398 g/mol. The topological polar surface area (TPSA) is 134 Å². The van der Waals surface area contributed by atoms with E-state index >= 15 is 0 Å². The summed E-state index contributed by atoms with van der Waals surface area (Å²) in [5.41, 5.74) is 1.17. The maximum atomic E-state index is 12.8. The van der Waals surface area contributed by atoms with Crippen LogP contribution in [0.1, 0.15) is 23.2 Å². The van der Waals surface area contributed by atoms with Gasteiger partial charge in [0.25, 0.3) is 5.91 Å². The van der Waals surface area contributed by atoms with E-state index in [1.54, 1.807) is 28.8 Å². The molecule has 2 heterocycles. The number of aliphatic hydroxyl groups excluding tert-OH is 1. The van der Waals surface area contributed by atoms with Crippen LogP contribution >= 0.6 is 0 Å². The molecule has 2 aromatic rings. The second-order valence-electron chi connectivity index (χ2n) is 6.79. The average molecular weight is 421 g/mol. The van der Waals surface area contributed by atoms with Gasteiger partial charge in [0.2, 0.25) is 5.91 Å². The lowest BCUT2D eigenvalue weighted by Gasteiger charge is -2.30. The molecule has 1 aromatic heterocycles. The standard InChI is InChI=1S/C18H23N5O5S/c24-9-1-2-16(18(26)22-7-10-29(27,28)11-8-22)21-17(25)14-3-5-15(6-4-14)23-12-19-20-13-23/h3-6,12-13,16,24H,1-2,7-11H2,(H,21,25)/t16-/m0/s1. The van der Waals surface area contributed by atoms with Gasteiger partial charge in [0.1, 0.15) is 18.7 Å². The molecule has 1 aliphatic rings. The second-order valence-corrected chi connectivity index (χ2v) is 9.09. The number of aromatic nitrogens is 3. The molecule has 2 N–H and O–H groups in total. The summed E-state index contributed by atoms with van der Waals surface area (Å²) in [5.74, 6) is -0.905. The summed E-state index contributed by atoms with van der Waals surface area (Å²) in [6.07, 6.45) is 3.69. The first-order valence-corrected chi connectivity index (χ1v) is 11.1. The molecule has 0 bridgehead atoms. The first kappa shape index (κ1) is 20.9. The highest BCUT2D eigenvalue weighted by Gasteiger charge is 2.30. The zero-order valence-corrected chi connectivity index (χ0v) is 16.6. The zero-order chi connectivity index (χ0) is 20.9. The van der Waals surface area contributed by atoms with E-state index in [0.29, 0.717) is 12.0 Å². The molecule has 1 saturated heterocycles. The second kappa shape index (κ2) is 9.14. The normalized spacial score (nSPS) is 16.9. The van der Waals surface area contributed by atoms with Crippen LogP contribution < -0.4 is 5.32 Å². The Balaban J connectivity index is 1.67. The smallest absolute Gasteiger partial charge is 0.251 e. The van der Waals surface area contributed by atoms with Crippen molar-refractivity contribution in [3.05, 3.63) is 42.5 Å². The maximum absolute atomic E-state index is 12.8. The quantitative estimate of drug-likeness (QED) is 0.609. The van der Waals surface area contributed by atoms with Gasteiger partial charge in [-0.15, -0.1) is 10.2 Å². The Kier molecular flexibility index (Phi) is 6.60. The maximum Gasteiger partial charge on any atom is 0.251 e. The highest BCUT2D eigenvalue weighted by atomic mass is 32.2. The van der Waals surface area contributed by atoms with E-state index < -0.39 is 21.8 Å². The highest BCUT2D eigenvalue weighted by molar-refractivity contribution is 7.91. The largest absolute Gasteiger partial charge is 0.396 e. The predicted octanol–water partition coefficient (Wildman–Crippen LogP) is -0.605. The van der Waals surface area contributed by atoms with Gasteiger partial charge in [-0.3, -0.25) is 14.2 Å². The highest BCUT2D eigenvalue weighted by Crippen LogP contribution is 2.12. The van der Waals surface area contributed by atoms with Gasteiger partial charge in [-0.2, -0.15) is 0 Å². The number of hydrogen-bond donors (Lipinski definition) is 2. The Morgan fingerprint density at radius 2 is 1.72 bits per heavy atom. The minimum atomic E-state index is -3.11. The van der Waals surface area contributed by atoms with Gasteiger partial charge < -0.3 is 15.3 Å². The average Bonchev–Trinajstić information content (AvgIpc) is 3.25. The fourth-order valence-corrected chi connectivity index (χ4v) is 4.27. The van der Waals surface area contributed by atoms with Crippen molar-refractivity contribution < 1.29 is 23.1 Å². The van der Waals surface area contributed by atoms with Crippen LogP contribution in [0.15, 0.2) is 36.9 Å². The van der Waals surface area contributed by atoms with Crippen LogP contribution in [0.5, 0.6) is 0 Å². The Hall–Kier alpha value is -2.79. The summed E-state index contributed by atoms with van der Waals surface area (Å²) in [4.78, 5) is 26.9. The number of hydrogen-bond acceptors (Lipinski definition) is 7. The first-order chi connectivity index (χ1) is 13.9. The van der Waals surface area contributed by atoms with Crippen molar-refractivity contribution in [2.45, 2.75) is 18.9 Å². The lowest BCUT2D eigenvalue weighted by Crippen LogP contribution is -2.52. The van der Waals surface area contributed by atoms with Gasteiger partial charge in [0, 0.05) is 30.9 Å². The fraction of sp³-hybridized carbons (Fsp3) is 0.444. The zero-order valence-electron chi connectivity index (χ0n) is 15.8. The monoisotopic (exact) mass is 421 g/mol. The number of carbonyl (C=O) groups is 2. The van der Waals surface area contributed by atoms with E-state index in [9.17, 15) is 18.0 Å². The van der Waals surface area contributed by atoms with Crippen molar-refractivity contribution >= 4 is 21.7 Å². The van der Waals surface area contributed by atoms with Crippen molar-refractivity contribution in [3.63, 3.8) is 0 Å². The fourth-order valence-electron chi connectivity index (χ4n) is 3.07. The summed E-state index contributed by atoms with van der Waals surface area (Å²) in [6, 6.07) is 5.90. The number of nitrogens with zero attached hydrogens (tertiary/aromatic N) is 4. The van der Waals surface area contributed by atoms with Crippen molar-refractivity contribution in [1.82, 2.24) is 25.0 Å². The number of amides is 2. The van der Waals surface area contributed by atoms with E-state index in [1.807, 2.05) is 0 Å². The van der Waals surface area contributed by atoms with Crippen LogP contribution in [0.2, 0.25) is 0 Å². The minimum absolute atomic E-state index is 0.0794. The SMILES string of the molecule is O=C(N[C@@H](CCCO)C(=O)N1CCS(=O)(=O)CC1)c1ccc(-n2cnnc2)cc1. The van der Waals surface area contributed by atoms with Crippen LogP contribution in [0, 0.1) is 0 Å². The van der Waals surface area contributed by atoms with E-state index in [-0.39, 0.29) is 43.5 Å². The minimum Gasteiger partial charge on any atom is -0.396 e. The van der Waals surface area contributed by atoms with E-state index in [1.165, 1.54) is 17.6 Å². The van der Waals surface area contributed by atoms with Crippen LogP contribution in [0.3, 0.4) is 0 Å². The molecule has 3 rings (SSSR count). The third-order valence-electron chi connectivity index (χ3n) is 4.76. The molecule has 0 unspecified atom stereocenters. The molecule has 1 aromatic carbocycles. The van der Waals surface area contributed by atoms with Crippen LogP contribution in [0.25, 0.3) is 5.69 Å². The molecule has 1 fully saturated rings. The Labute approximate surface area is 168 Å². The molecular formula is C18H23N5O5S. The van der Waals surface area contributed by atoms with Gasteiger partial charge in [-0.05, 0) is 37.1 Å². The van der Waals surface area contributed by atoms with Gasteiger partial charge >= 0.3 is 0 Å². The van der Waals surface area contributed by atoms with E-state index in [0.717, 1.165) is 5.69 Å². The summed E-state index contributed by atoms with van der Waals surface area (Å²) in [5, 5.41) is 19.3. The molecule has 29 heavy (non-hydrogen) atoms. The molecule has 0 aliphatic carbocycles. The van der Waals surface area contributed by atoms with Gasteiger partial charge in [0.15, 0.2) is 9.84 Å². The third kappa shape index (κ3) is 5.39. The van der Waals surface area contributed by atoms with Crippen LogP contribution in [-0.4, -0.2) is 82.2 Å². The predicted molar refractivity (Wildman–Crippen MR) is 104 cm³/mol. The number of benzene rings is 1. The molecule has 10 nitrogen and oxygen atoms in total. The molecule has 1 atom stereocenters. The summed E-state index contributed by atoms with van der Waals surface area (Å²) in [6.45, 7) is 0.113. The van der Waals surface area contributed by atoms with Crippen molar-refractivity contribution in [2.75, 3.05) is 31.2 Å². The molecule has 0 radical (unpaired) electrons. The van der Waals surface area contributed by atoms with E-state index in [2.05, 4.69) is 15.5 Å². The number of rotatable bonds is 7. The summed E-state index contributed by atoms with van der Waals surface area (Å²) >= 11 is 0. The molecule has 11 heteroatoms. The summed E-state index contributed by atoms with van der Waals surface area (Å²) in [7, 11) is -3.11. The van der Waals surface area contributed by atoms with Crippen molar-refractivity contribution in [1.29, 1.82) is 0 Å². The van der Waals surface area contributed by atoms with Gasteiger partial charge in [-0.1, -0.05) is 0 Å². The van der Waals surface area contributed by atoms with Crippen molar-refractivity contribution in [2.24, 2.45) is 0 Å². The van der Waals surface area contributed by atoms with Gasteiger partial charge in [0.05, 0.1) is 11.5 Å². The Morgan fingerprint density at radius 3 is 2.31 bits per heavy atom. The number of aliphatic hydroxyl groups is 1. The lowest BCUT2D eigenvalue weighted by atomic mass is 10.1. The molecule has 156 valence electrons. The molecule has 1 aliphatic heterocycles.